The summed E-state index contributed by atoms with van der Waals surface area (Å²) in [6.45, 7) is 13.8. The third kappa shape index (κ3) is 5.12. The largest absolute Gasteiger partial charge is 0.0683 e. The fourth-order valence-electron chi connectivity index (χ4n) is 4.22. The molecular weight excluding hydrogens is 228 g/mol. The molecule has 0 aromatic rings. The Labute approximate surface area is 122 Å². The van der Waals surface area contributed by atoms with Crippen molar-refractivity contribution in [3.05, 3.63) is 0 Å². The van der Waals surface area contributed by atoms with Crippen molar-refractivity contribution in [3.63, 3.8) is 0 Å². The topological polar surface area (TPSA) is 0 Å². The van der Waals surface area contributed by atoms with Crippen molar-refractivity contribution in [3.8, 4) is 0 Å². The fourth-order valence-corrected chi connectivity index (χ4v) is 4.22. The van der Waals surface area contributed by atoms with Crippen LogP contribution in [0.4, 0.5) is 0 Å². The molecule has 0 heteroatoms. The van der Waals surface area contributed by atoms with Gasteiger partial charge < -0.3 is 0 Å². The Morgan fingerprint density at radius 3 is 1.26 bits per heavy atom. The second-order valence-electron chi connectivity index (χ2n) is 7.50. The molecule has 0 amide bonds. The van der Waals surface area contributed by atoms with Gasteiger partial charge in [0.1, 0.15) is 0 Å². The summed E-state index contributed by atoms with van der Waals surface area (Å²) in [4.78, 5) is 0. The van der Waals surface area contributed by atoms with Crippen LogP contribution in [-0.2, 0) is 0 Å². The van der Waals surface area contributed by atoms with Crippen LogP contribution in [0.1, 0.15) is 86.5 Å². The van der Waals surface area contributed by atoms with Crippen molar-refractivity contribution < 1.29 is 0 Å². The van der Waals surface area contributed by atoms with E-state index in [2.05, 4.69) is 27.7 Å². The minimum Gasteiger partial charge on any atom is -0.0683 e. The molecule has 0 aromatic carbocycles. The van der Waals surface area contributed by atoms with Crippen LogP contribution in [-0.4, -0.2) is 0 Å². The smallest absolute Gasteiger partial charge is 0.0409 e. The van der Waals surface area contributed by atoms with Crippen LogP contribution in [0.3, 0.4) is 0 Å². The quantitative estimate of drug-likeness (QED) is 0.532. The summed E-state index contributed by atoms with van der Waals surface area (Å²) >= 11 is 0. The van der Waals surface area contributed by atoms with Crippen molar-refractivity contribution in [2.24, 2.45) is 35.5 Å². The van der Waals surface area contributed by atoms with Crippen LogP contribution in [0.2, 0.25) is 0 Å². The standard InChI is InChI=1S/C17H32.C2H6/c1-12-5-7-16(9-14(12)3)11-17-8-6-13(2)15(4)10-17;1-2/h12-17H,5-11H2,1-4H3;1-2H3. The molecule has 0 spiro atoms. The monoisotopic (exact) mass is 266 g/mol. The van der Waals surface area contributed by atoms with Crippen molar-refractivity contribution >= 4 is 0 Å². The molecule has 19 heavy (non-hydrogen) atoms. The van der Waals surface area contributed by atoms with Gasteiger partial charge in [-0.1, -0.05) is 67.2 Å². The maximum atomic E-state index is 2.47. The predicted octanol–water partition coefficient (Wildman–Crippen LogP) is 6.55. The highest BCUT2D eigenvalue weighted by Gasteiger charge is 2.30. The Bertz CT molecular complexity index is 208. The van der Waals surface area contributed by atoms with Gasteiger partial charge in [-0.05, 0) is 54.8 Å². The van der Waals surface area contributed by atoms with E-state index < -0.39 is 0 Å². The average molecular weight is 267 g/mol. The molecule has 114 valence electrons. The van der Waals surface area contributed by atoms with E-state index in [1.165, 1.54) is 38.5 Å². The minimum absolute atomic E-state index is 0.980. The Balaban J connectivity index is 0.000000861. The maximum Gasteiger partial charge on any atom is -0.0409 e. The molecule has 0 N–H and O–H groups in total. The van der Waals surface area contributed by atoms with Gasteiger partial charge in [0.15, 0.2) is 0 Å². The lowest BCUT2D eigenvalue weighted by molar-refractivity contribution is 0.139. The fraction of sp³-hybridized carbons (Fsp3) is 1.00. The normalized spacial score (nSPS) is 43.3. The predicted molar refractivity (Wildman–Crippen MR) is 87.3 cm³/mol. The number of hydrogen-bond acceptors (Lipinski definition) is 0. The molecule has 0 aromatic heterocycles. The SMILES string of the molecule is CC.CC1CCC(CC2CCC(C)C(C)C2)CC1C. The Morgan fingerprint density at radius 1 is 0.579 bits per heavy atom. The van der Waals surface area contributed by atoms with Gasteiger partial charge in [0, 0.05) is 0 Å². The number of hydrogen-bond donors (Lipinski definition) is 0. The van der Waals surface area contributed by atoms with Gasteiger partial charge in [-0.2, -0.15) is 0 Å². The summed E-state index contributed by atoms with van der Waals surface area (Å²) in [7, 11) is 0. The first-order chi connectivity index (χ1) is 9.06. The van der Waals surface area contributed by atoms with E-state index in [1.807, 2.05) is 13.8 Å². The van der Waals surface area contributed by atoms with E-state index in [9.17, 15) is 0 Å². The van der Waals surface area contributed by atoms with Crippen LogP contribution in [0.15, 0.2) is 0 Å². The highest BCUT2D eigenvalue weighted by Crippen LogP contribution is 2.41. The zero-order valence-electron chi connectivity index (χ0n) is 14.4. The second-order valence-corrected chi connectivity index (χ2v) is 7.50. The molecule has 0 nitrogen and oxygen atoms in total. The summed E-state index contributed by atoms with van der Waals surface area (Å²) in [6.07, 6.45) is 10.6. The minimum atomic E-state index is 0.980. The highest BCUT2D eigenvalue weighted by atomic mass is 14.4. The first kappa shape index (κ1) is 17.1. The van der Waals surface area contributed by atoms with Gasteiger partial charge in [0.05, 0.1) is 0 Å². The molecule has 2 aliphatic carbocycles. The van der Waals surface area contributed by atoms with E-state index in [4.69, 9.17) is 0 Å². The first-order valence-corrected chi connectivity index (χ1v) is 9.06. The highest BCUT2D eigenvalue weighted by molar-refractivity contribution is 4.81. The van der Waals surface area contributed by atoms with Gasteiger partial charge >= 0.3 is 0 Å². The van der Waals surface area contributed by atoms with Gasteiger partial charge in [-0.25, -0.2) is 0 Å². The molecule has 2 saturated carbocycles. The Kier molecular flexibility index (Phi) is 7.47. The maximum absolute atomic E-state index is 2.47. The second kappa shape index (κ2) is 8.32. The summed E-state index contributed by atoms with van der Waals surface area (Å²) in [5.41, 5.74) is 0. The van der Waals surface area contributed by atoms with E-state index in [-0.39, 0.29) is 0 Å². The summed E-state index contributed by atoms with van der Waals surface area (Å²) < 4.78 is 0. The van der Waals surface area contributed by atoms with Crippen molar-refractivity contribution in [2.75, 3.05) is 0 Å². The third-order valence-corrected chi connectivity index (χ3v) is 6.08. The Morgan fingerprint density at radius 2 is 0.947 bits per heavy atom. The molecule has 2 aliphatic rings. The molecule has 2 rings (SSSR count). The molecule has 0 aliphatic heterocycles. The average Bonchev–Trinajstić information content (AvgIpc) is 2.41. The van der Waals surface area contributed by atoms with Crippen molar-refractivity contribution in [2.45, 2.75) is 86.5 Å². The van der Waals surface area contributed by atoms with Crippen molar-refractivity contribution in [1.82, 2.24) is 0 Å². The van der Waals surface area contributed by atoms with Gasteiger partial charge in [-0.3, -0.25) is 0 Å². The lowest BCUT2D eigenvalue weighted by Gasteiger charge is -2.37. The molecule has 2 fully saturated rings. The van der Waals surface area contributed by atoms with Gasteiger partial charge in [0.25, 0.3) is 0 Å². The van der Waals surface area contributed by atoms with E-state index in [1.54, 1.807) is 6.42 Å². The molecule has 6 unspecified atom stereocenters. The molecular formula is C19H38. The molecule has 6 atom stereocenters. The van der Waals surface area contributed by atoms with Gasteiger partial charge in [-0.15, -0.1) is 0 Å². The van der Waals surface area contributed by atoms with Crippen LogP contribution in [0.25, 0.3) is 0 Å². The zero-order valence-corrected chi connectivity index (χ0v) is 14.4. The third-order valence-electron chi connectivity index (χ3n) is 6.08. The first-order valence-electron chi connectivity index (χ1n) is 9.06. The molecule has 0 saturated heterocycles. The van der Waals surface area contributed by atoms with Gasteiger partial charge in [0.2, 0.25) is 0 Å². The van der Waals surface area contributed by atoms with E-state index in [0.717, 1.165) is 35.5 Å². The zero-order chi connectivity index (χ0) is 14.4. The summed E-state index contributed by atoms with van der Waals surface area (Å²) in [5.74, 6) is 6.05. The summed E-state index contributed by atoms with van der Waals surface area (Å²) in [6, 6.07) is 0. The Hall–Kier alpha value is 0. The van der Waals surface area contributed by atoms with E-state index >= 15 is 0 Å². The lowest BCUT2D eigenvalue weighted by atomic mass is 9.68. The van der Waals surface area contributed by atoms with E-state index in [0.29, 0.717) is 0 Å². The molecule has 0 bridgehead atoms. The van der Waals surface area contributed by atoms with Crippen LogP contribution in [0.5, 0.6) is 0 Å². The van der Waals surface area contributed by atoms with Crippen LogP contribution >= 0.6 is 0 Å². The summed E-state index contributed by atoms with van der Waals surface area (Å²) in [5, 5.41) is 0. The molecule has 0 radical (unpaired) electrons. The van der Waals surface area contributed by atoms with Crippen molar-refractivity contribution in [1.29, 1.82) is 0 Å². The lowest BCUT2D eigenvalue weighted by Crippen LogP contribution is -2.26. The molecule has 0 heterocycles. The van der Waals surface area contributed by atoms with Crippen LogP contribution < -0.4 is 0 Å². The number of rotatable bonds is 2. The van der Waals surface area contributed by atoms with Crippen LogP contribution in [0, 0.1) is 35.5 Å².